The van der Waals surface area contributed by atoms with Crippen molar-refractivity contribution < 1.29 is 0 Å². The molecule has 0 amide bonds. The summed E-state index contributed by atoms with van der Waals surface area (Å²) in [6.45, 7) is 9.60. The van der Waals surface area contributed by atoms with Crippen LogP contribution in [-0.4, -0.2) is 16.3 Å². The molecule has 3 heteroatoms. The second kappa shape index (κ2) is 5.93. The van der Waals surface area contributed by atoms with Crippen LogP contribution in [0.1, 0.15) is 33.3 Å². The number of nitrogens with zero attached hydrogens (tertiary/aromatic N) is 1. The van der Waals surface area contributed by atoms with Crippen molar-refractivity contribution in [1.82, 2.24) is 10.3 Å². The number of pyridine rings is 1. The van der Waals surface area contributed by atoms with E-state index in [0.29, 0.717) is 0 Å². The minimum atomic E-state index is 0.125. The van der Waals surface area contributed by atoms with Gasteiger partial charge in [-0.1, -0.05) is 25.1 Å². The third-order valence-corrected chi connectivity index (χ3v) is 3.77. The van der Waals surface area contributed by atoms with Gasteiger partial charge in [0.1, 0.15) is 5.03 Å². The molecule has 0 fully saturated rings. The van der Waals surface area contributed by atoms with Crippen molar-refractivity contribution in [3.05, 3.63) is 35.9 Å². The summed E-state index contributed by atoms with van der Waals surface area (Å²) >= 11 is 1.82. The molecule has 102 valence electrons. The first kappa shape index (κ1) is 14.4. The van der Waals surface area contributed by atoms with E-state index in [1.807, 2.05) is 17.8 Å². The normalized spacial score (nSPS) is 12.0. The summed E-state index contributed by atoms with van der Waals surface area (Å²) in [4.78, 5) is 4.79. The molecule has 1 heterocycles. The van der Waals surface area contributed by atoms with Gasteiger partial charge in [-0.3, -0.25) is 0 Å². The molecular formula is C16H22N2S. The first-order chi connectivity index (χ1) is 8.99. The average Bonchev–Trinajstić information content (AvgIpc) is 2.35. The number of hydrogen-bond acceptors (Lipinski definition) is 3. The molecular weight excluding hydrogens is 252 g/mol. The second-order valence-electron chi connectivity index (χ2n) is 5.68. The molecule has 1 aromatic heterocycles. The Kier molecular flexibility index (Phi) is 4.48. The number of hydrogen-bond donors (Lipinski definition) is 1. The molecule has 0 atom stereocenters. The summed E-state index contributed by atoms with van der Waals surface area (Å²) in [6.07, 6.45) is 0. The number of para-hydroxylation sites is 1. The lowest BCUT2D eigenvalue weighted by molar-refractivity contribution is 0.422. The summed E-state index contributed by atoms with van der Waals surface area (Å²) < 4.78 is 0. The van der Waals surface area contributed by atoms with Crippen molar-refractivity contribution in [2.75, 3.05) is 5.75 Å². The van der Waals surface area contributed by atoms with E-state index in [-0.39, 0.29) is 5.54 Å². The maximum atomic E-state index is 4.79. The third-order valence-electron chi connectivity index (χ3n) is 2.85. The van der Waals surface area contributed by atoms with Gasteiger partial charge in [0.05, 0.1) is 5.52 Å². The highest BCUT2D eigenvalue weighted by atomic mass is 32.2. The van der Waals surface area contributed by atoms with Crippen LogP contribution in [0.5, 0.6) is 0 Å². The zero-order valence-electron chi connectivity index (χ0n) is 12.2. The first-order valence-electron chi connectivity index (χ1n) is 6.76. The van der Waals surface area contributed by atoms with E-state index in [0.717, 1.165) is 22.8 Å². The maximum Gasteiger partial charge on any atom is 0.101 e. The molecule has 0 aliphatic heterocycles. The van der Waals surface area contributed by atoms with Crippen molar-refractivity contribution in [3.63, 3.8) is 0 Å². The van der Waals surface area contributed by atoms with Gasteiger partial charge in [0, 0.05) is 17.5 Å². The number of benzene rings is 1. The van der Waals surface area contributed by atoms with Gasteiger partial charge in [-0.25, -0.2) is 4.98 Å². The highest BCUT2D eigenvalue weighted by Crippen LogP contribution is 2.25. The highest BCUT2D eigenvalue weighted by molar-refractivity contribution is 7.99. The van der Waals surface area contributed by atoms with Crippen LogP contribution in [0, 0.1) is 0 Å². The lowest BCUT2D eigenvalue weighted by Crippen LogP contribution is -2.35. The van der Waals surface area contributed by atoms with Gasteiger partial charge in [-0.2, -0.15) is 0 Å². The first-order valence-corrected chi connectivity index (χ1v) is 7.74. The van der Waals surface area contributed by atoms with Crippen molar-refractivity contribution in [1.29, 1.82) is 0 Å². The fourth-order valence-corrected chi connectivity index (χ4v) is 2.64. The van der Waals surface area contributed by atoms with Crippen LogP contribution < -0.4 is 5.32 Å². The van der Waals surface area contributed by atoms with E-state index in [2.05, 4.69) is 57.3 Å². The molecule has 0 bridgehead atoms. The summed E-state index contributed by atoms with van der Waals surface area (Å²) in [7, 11) is 0. The molecule has 1 N–H and O–H groups in total. The van der Waals surface area contributed by atoms with Gasteiger partial charge < -0.3 is 5.32 Å². The molecule has 0 saturated carbocycles. The van der Waals surface area contributed by atoms with Crippen molar-refractivity contribution >= 4 is 22.7 Å². The average molecular weight is 274 g/mol. The Morgan fingerprint density at radius 3 is 2.63 bits per heavy atom. The van der Waals surface area contributed by atoms with Crippen LogP contribution in [-0.2, 0) is 6.54 Å². The SMILES string of the molecule is CCSc1nc2ccccc2cc1CNC(C)(C)C. The van der Waals surface area contributed by atoms with Gasteiger partial charge in [-0.15, -0.1) is 11.8 Å². The Hall–Kier alpha value is -1.06. The van der Waals surface area contributed by atoms with Crippen molar-refractivity contribution in [2.24, 2.45) is 0 Å². The number of fused-ring (bicyclic) bond motifs is 1. The number of rotatable bonds is 4. The largest absolute Gasteiger partial charge is 0.308 e. The minimum Gasteiger partial charge on any atom is -0.308 e. The van der Waals surface area contributed by atoms with Gasteiger partial charge in [0.25, 0.3) is 0 Å². The van der Waals surface area contributed by atoms with E-state index >= 15 is 0 Å². The molecule has 0 saturated heterocycles. The lowest BCUT2D eigenvalue weighted by atomic mass is 10.1. The molecule has 0 spiro atoms. The van der Waals surface area contributed by atoms with Gasteiger partial charge in [-0.05, 0) is 44.2 Å². The molecule has 2 rings (SSSR count). The van der Waals surface area contributed by atoms with Crippen LogP contribution in [0.4, 0.5) is 0 Å². The fraction of sp³-hybridized carbons (Fsp3) is 0.438. The monoisotopic (exact) mass is 274 g/mol. The van der Waals surface area contributed by atoms with Crippen LogP contribution in [0.15, 0.2) is 35.4 Å². The Morgan fingerprint density at radius 2 is 1.95 bits per heavy atom. The number of nitrogens with one attached hydrogen (secondary N) is 1. The molecule has 19 heavy (non-hydrogen) atoms. The predicted molar refractivity (Wildman–Crippen MR) is 84.7 cm³/mol. The Labute approximate surface area is 120 Å². The van der Waals surface area contributed by atoms with Crippen molar-refractivity contribution in [2.45, 2.75) is 44.8 Å². The van der Waals surface area contributed by atoms with Gasteiger partial charge >= 0.3 is 0 Å². The van der Waals surface area contributed by atoms with Gasteiger partial charge in [0.15, 0.2) is 0 Å². The lowest BCUT2D eigenvalue weighted by Gasteiger charge is -2.21. The minimum absolute atomic E-state index is 0.125. The molecule has 2 aromatic rings. The second-order valence-corrected chi connectivity index (χ2v) is 6.93. The van der Waals surface area contributed by atoms with E-state index in [1.54, 1.807) is 0 Å². The summed E-state index contributed by atoms with van der Waals surface area (Å²) in [5.74, 6) is 1.05. The molecule has 0 unspecified atom stereocenters. The van der Waals surface area contributed by atoms with Crippen LogP contribution in [0.3, 0.4) is 0 Å². The molecule has 0 aliphatic rings. The summed E-state index contributed by atoms with van der Waals surface area (Å²) in [6, 6.07) is 10.6. The zero-order chi connectivity index (χ0) is 13.9. The molecule has 0 aliphatic carbocycles. The maximum absolute atomic E-state index is 4.79. The fourth-order valence-electron chi connectivity index (χ4n) is 1.89. The summed E-state index contributed by atoms with van der Waals surface area (Å²) in [5.41, 5.74) is 2.50. The molecule has 1 aromatic carbocycles. The van der Waals surface area contributed by atoms with Gasteiger partial charge in [0.2, 0.25) is 0 Å². The smallest absolute Gasteiger partial charge is 0.101 e. The molecule has 2 nitrogen and oxygen atoms in total. The topological polar surface area (TPSA) is 24.9 Å². The standard InChI is InChI=1S/C16H22N2S/c1-5-19-15-13(11-17-16(2,3)4)10-12-8-6-7-9-14(12)18-15/h6-10,17H,5,11H2,1-4H3. The molecule has 0 radical (unpaired) electrons. The van der Waals surface area contributed by atoms with E-state index in [1.165, 1.54) is 10.9 Å². The Bertz CT molecular complexity index is 558. The van der Waals surface area contributed by atoms with Crippen LogP contribution in [0.25, 0.3) is 10.9 Å². The van der Waals surface area contributed by atoms with E-state index < -0.39 is 0 Å². The Morgan fingerprint density at radius 1 is 1.21 bits per heavy atom. The van der Waals surface area contributed by atoms with Crippen LogP contribution >= 0.6 is 11.8 Å². The third kappa shape index (κ3) is 3.95. The Balaban J connectivity index is 2.36. The van der Waals surface area contributed by atoms with Crippen LogP contribution in [0.2, 0.25) is 0 Å². The number of thioether (sulfide) groups is 1. The van der Waals surface area contributed by atoms with E-state index in [9.17, 15) is 0 Å². The van der Waals surface area contributed by atoms with E-state index in [4.69, 9.17) is 4.98 Å². The number of aromatic nitrogens is 1. The zero-order valence-corrected chi connectivity index (χ0v) is 13.0. The predicted octanol–water partition coefficient (Wildman–Crippen LogP) is 4.23. The summed E-state index contributed by atoms with van der Waals surface area (Å²) in [5, 5.41) is 5.92. The quantitative estimate of drug-likeness (QED) is 0.844. The van der Waals surface area contributed by atoms with Crippen molar-refractivity contribution in [3.8, 4) is 0 Å². The highest BCUT2D eigenvalue weighted by Gasteiger charge is 2.12.